The van der Waals surface area contributed by atoms with E-state index >= 15 is 0 Å². The molecule has 1 unspecified atom stereocenters. The van der Waals surface area contributed by atoms with E-state index in [0.717, 1.165) is 30.5 Å². The van der Waals surface area contributed by atoms with Crippen LogP contribution in [0.3, 0.4) is 0 Å². The predicted molar refractivity (Wildman–Crippen MR) is 109 cm³/mol. The summed E-state index contributed by atoms with van der Waals surface area (Å²) in [5.41, 5.74) is 6.94. The normalized spacial score (nSPS) is 29.1. The first-order valence-corrected chi connectivity index (χ1v) is 10.8. The summed E-state index contributed by atoms with van der Waals surface area (Å²) < 4.78 is 14.3. The predicted octanol–water partition coefficient (Wildman–Crippen LogP) is 1.39. The second kappa shape index (κ2) is 8.43. The van der Waals surface area contributed by atoms with E-state index in [1.807, 2.05) is 12.1 Å². The second-order valence-electron chi connectivity index (χ2n) is 8.77. The van der Waals surface area contributed by atoms with E-state index in [2.05, 4.69) is 10.6 Å². The molecule has 0 spiro atoms. The molecule has 0 radical (unpaired) electrons. The van der Waals surface area contributed by atoms with E-state index in [4.69, 9.17) is 5.73 Å². The van der Waals surface area contributed by atoms with Crippen LogP contribution in [0.25, 0.3) is 0 Å². The fraction of sp³-hybridized carbons (Fsp3) is 0.591. The van der Waals surface area contributed by atoms with E-state index in [1.165, 1.54) is 0 Å². The number of nitrogens with two attached hydrogens (primary N) is 1. The molecular weight excluding hydrogens is 387 g/mol. The Balaban J connectivity index is 1.36. The largest absolute Gasteiger partial charge is 0.328 e. The fourth-order valence-corrected chi connectivity index (χ4v) is 4.83. The zero-order valence-corrected chi connectivity index (χ0v) is 17.1. The number of halogens is 1. The maximum absolute atomic E-state index is 14.3. The van der Waals surface area contributed by atoms with Gasteiger partial charge in [-0.3, -0.25) is 19.7 Å². The Morgan fingerprint density at radius 2 is 1.97 bits per heavy atom. The molecule has 1 atom stereocenters. The van der Waals surface area contributed by atoms with Crippen molar-refractivity contribution in [2.75, 3.05) is 13.1 Å². The van der Waals surface area contributed by atoms with Crippen LogP contribution < -0.4 is 16.4 Å². The van der Waals surface area contributed by atoms with Gasteiger partial charge < -0.3 is 16.0 Å². The number of fused-ring (bicyclic) bond motifs is 1. The van der Waals surface area contributed by atoms with Crippen molar-refractivity contribution >= 4 is 17.7 Å². The maximum Gasteiger partial charge on any atom is 0.255 e. The third-order valence-corrected chi connectivity index (χ3v) is 6.79. The first-order chi connectivity index (χ1) is 14.4. The molecule has 7 nitrogen and oxygen atoms in total. The molecule has 1 saturated carbocycles. The Bertz CT molecular complexity index is 851. The number of carbonyl (C=O) groups excluding carboxylic acids is 3. The lowest BCUT2D eigenvalue weighted by Gasteiger charge is -2.33. The Morgan fingerprint density at radius 1 is 1.20 bits per heavy atom. The quantitative estimate of drug-likeness (QED) is 0.608. The van der Waals surface area contributed by atoms with Gasteiger partial charge in [0.15, 0.2) is 0 Å². The minimum atomic E-state index is -1.20. The third-order valence-electron chi connectivity index (χ3n) is 6.79. The fourth-order valence-electron chi connectivity index (χ4n) is 4.83. The Kier molecular flexibility index (Phi) is 5.88. The van der Waals surface area contributed by atoms with Crippen molar-refractivity contribution in [2.45, 2.75) is 63.3 Å². The number of rotatable bonds is 6. The molecule has 3 aliphatic rings. The number of nitrogens with zero attached hydrogens (tertiary/aromatic N) is 1. The van der Waals surface area contributed by atoms with Gasteiger partial charge in [-0.05, 0) is 61.8 Å². The van der Waals surface area contributed by atoms with E-state index in [-0.39, 0.29) is 24.8 Å². The smallest absolute Gasteiger partial charge is 0.255 e. The highest BCUT2D eigenvalue weighted by Gasteiger charge is 2.39. The van der Waals surface area contributed by atoms with Crippen LogP contribution >= 0.6 is 0 Å². The zero-order valence-electron chi connectivity index (χ0n) is 17.1. The number of amides is 3. The molecule has 30 heavy (non-hydrogen) atoms. The van der Waals surface area contributed by atoms with Crippen molar-refractivity contribution in [1.29, 1.82) is 0 Å². The summed E-state index contributed by atoms with van der Waals surface area (Å²) in [5.74, 6) is -0.413. The van der Waals surface area contributed by atoms with Gasteiger partial charge >= 0.3 is 0 Å². The summed E-state index contributed by atoms with van der Waals surface area (Å²) in [6, 6.07) is 5.05. The number of benzene rings is 1. The molecular formula is C22H29FN4O3. The van der Waals surface area contributed by atoms with Crippen molar-refractivity contribution in [3.05, 3.63) is 34.9 Å². The van der Waals surface area contributed by atoms with Gasteiger partial charge in [0.05, 0.1) is 0 Å². The SMILES string of the molecule is NCC1(F)CCC(CNCc2cccc3c2CN(C2CCC(=O)NC2=O)C3=O)CC1. The van der Waals surface area contributed by atoms with Gasteiger partial charge in [-0.2, -0.15) is 0 Å². The molecule has 162 valence electrons. The van der Waals surface area contributed by atoms with Crippen molar-refractivity contribution in [3.8, 4) is 0 Å². The van der Waals surface area contributed by atoms with Crippen molar-refractivity contribution in [3.63, 3.8) is 0 Å². The van der Waals surface area contributed by atoms with Crippen molar-refractivity contribution in [2.24, 2.45) is 11.7 Å². The molecule has 2 heterocycles. The van der Waals surface area contributed by atoms with Gasteiger partial charge in [-0.15, -0.1) is 0 Å². The average Bonchev–Trinajstić information content (AvgIpc) is 3.07. The lowest BCUT2D eigenvalue weighted by Crippen LogP contribution is -2.52. The van der Waals surface area contributed by atoms with Crippen molar-refractivity contribution < 1.29 is 18.8 Å². The number of nitrogens with one attached hydrogen (secondary N) is 2. The maximum atomic E-state index is 14.3. The molecule has 1 aromatic rings. The molecule has 1 saturated heterocycles. The molecule has 2 aliphatic heterocycles. The van der Waals surface area contributed by atoms with Crippen LogP contribution in [0.4, 0.5) is 4.39 Å². The number of alkyl halides is 1. The van der Waals surface area contributed by atoms with Gasteiger partial charge in [0, 0.05) is 31.6 Å². The minimum Gasteiger partial charge on any atom is -0.328 e. The molecule has 4 N–H and O–H groups in total. The van der Waals surface area contributed by atoms with Crippen LogP contribution in [0.1, 0.15) is 60.0 Å². The Hall–Kier alpha value is -2.32. The molecule has 1 aromatic carbocycles. The first-order valence-electron chi connectivity index (χ1n) is 10.8. The van der Waals surface area contributed by atoms with Crippen LogP contribution in [0, 0.1) is 5.92 Å². The molecule has 3 amide bonds. The number of piperidine rings is 1. The molecule has 1 aliphatic carbocycles. The molecule has 0 aromatic heterocycles. The number of imide groups is 1. The highest BCUT2D eigenvalue weighted by Crippen LogP contribution is 2.34. The van der Waals surface area contributed by atoms with Gasteiger partial charge in [-0.25, -0.2) is 4.39 Å². The summed E-state index contributed by atoms with van der Waals surface area (Å²) in [6.07, 6.45) is 3.30. The van der Waals surface area contributed by atoms with Crippen LogP contribution in [-0.2, 0) is 22.7 Å². The first kappa shape index (κ1) is 20.9. The van der Waals surface area contributed by atoms with E-state index in [0.29, 0.717) is 43.8 Å². The topological polar surface area (TPSA) is 105 Å². The average molecular weight is 416 g/mol. The minimum absolute atomic E-state index is 0.0982. The highest BCUT2D eigenvalue weighted by atomic mass is 19.1. The standard InChI is InChI=1S/C22H29FN4O3/c23-22(13-24)8-6-14(7-9-22)10-25-11-15-2-1-3-16-17(15)12-27(21(16)30)18-4-5-19(28)26-20(18)29/h1-3,14,18,25H,4-13,24H2,(H,26,28,29). The van der Waals surface area contributed by atoms with Crippen LogP contribution in [0.2, 0.25) is 0 Å². The van der Waals surface area contributed by atoms with Gasteiger partial charge in [-0.1, -0.05) is 12.1 Å². The zero-order chi connectivity index (χ0) is 21.3. The van der Waals surface area contributed by atoms with Crippen LogP contribution in [0.15, 0.2) is 18.2 Å². The van der Waals surface area contributed by atoms with Crippen LogP contribution in [-0.4, -0.2) is 47.4 Å². The summed E-state index contributed by atoms with van der Waals surface area (Å²) in [4.78, 5) is 38.1. The van der Waals surface area contributed by atoms with Gasteiger partial charge in [0.25, 0.3) is 5.91 Å². The second-order valence-corrected chi connectivity index (χ2v) is 8.77. The summed E-state index contributed by atoms with van der Waals surface area (Å²) in [7, 11) is 0. The van der Waals surface area contributed by atoms with Gasteiger partial charge in [0.2, 0.25) is 11.8 Å². The highest BCUT2D eigenvalue weighted by molar-refractivity contribution is 6.05. The Morgan fingerprint density at radius 3 is 2.67 bits per heavy atom. The number of hydrogen-bond acceptors (Lipinski definition) is 5. The van der Waals surface area contributed by atoms with Crippen molar-refractivity contribution in [1.82, 2.24) is 15.5 Å². The monoisotopic (exact) mass is 416 g/mol. The summed E-state index contributed by atoms with van der Waals surface area (Å²) >= 11 is 0. The van der Waals surface area contributed by atoms with E-state index in [1.54, 1.807) is 11.0 Å². The lowest BCUT2D eigenvalue weighted by atomic mass is 9.80. The third kappa shape index (κ3) is 4.11. The Labute approximate surface area is 175 Å². The summed E-state index contributed by atoms with van der Waals surface area (Å²) in [5, 5.41) is 5.79. The molecule has 8 heteroatoms. The molecule has 2 fully saturated rings. The van der Waals surface area contributed by atoms with E-state index < -0.39 is 17.6 Å². The lowest BCUT2D eigenvalue weighted by molar-refractivity contribution is -0.136. The van der Waals surface area contributed by atoms with Gasteiger partial charge in [0.1, 0.15) is 11.7 Å². The van der Waals surface area contributed by atoms with Crippen LogP contribution in [0.5, 0.6) is 0 Å². The molecule has 0 bridgehead atoms. The number of hydrogen-bond donors (Lipinski definition) is 3. The number of carbonyl (C=O) groups is 3. The summed E-state index contributed by atoms with van der Waals surface area (Å²) in [6.45, 7) is 1.90. The van der Waals surface area contributed by atoms with E-state index in [9.17, 15) is 18.8 Å². The molecule has 4 rings (SSSR count).